The molecule has 9 nitrogen and oxygen atoms in total. The Hall–Kier alpha value is -3.51. The van der Waals surface area contributed by atoms with Gasteiger partial charge in [-0.2, -0.15) is 5.26 Å². The average Bonchev–Trinajstić information content (AvgIpc) is 3.44. The van der Waals surface area contributed by atoms with E-state index < -0.39 is 0 Å². The predicted molar refractivity (Wildman–Crippen MR) is 124 cm³/mol. The van der Waals surface area contributed by atoms with E-state index in [0.29, 0.717) is 11.3 Å². The van der Waals surface area contributed by atoms with E-state index in [4.69, 9.17) is 14.7 Å². The molecule has 172 valence electrons. The first-order chi connectivity index (χ1) is 15.9. The Kier molecular flexibility index (Phi) is 5.25. The summed E-state index contributed by atoms with van der Waals surface area (Å²) < 4.78 is 14.3. The van der Waals surface area contributed by atoms with Crippen molar-refractivity contribution in [2.24, 2.45) is 7.05 Å². The van der Waals surface area contributed by atoms with Crippen LogP contribution in [0, 0.1) is 11.3 Å². The number of rotatable bonds is 4. The normalized spacial score (nSPS) is 21.4. The van der Waals surface area contributed by atoms with Crippen LogP contribution >= 0.6 is 0 Å². The van der Waals surface area contributed by atoms with E-state index in [9.17, 15) is 4.79 Å². The van der Waals surface area contributed by atoms with Gasteiger partial charge in [-0.1, -0.05) is 6.07 Å². The summed E-state index contributed by atoms with van der Waals surface area (Å²) in [5.74, 6) is 1.59. The number of piperazine rings is 1. The van der Waals surface area contributed by atoms with Gasteiger partial charge in [-0.25, -0.2) is 14.2 Å². The maximum atomic E-state index is 12.7. The zero-order valence-electron chi connectivity index (χ0n) is 19.4. The zero-order valence-corrected chi connectivity index (χ0v) is 19.4. The van der Waals surface area contributed by atoms with E-state index in [1.165, 1.54) is 10.2 Å². The van der Waals surface area contributed by atoms with Crippen LogP contribution in [0.5, 0.6) is 11.5 Å². The summed E-state index contributed by atoms with van der Waals surface area (Å²) in [6.45, 7) is 8.48. The van der Waals surface area contributed by atoms with E-state index in [0.717, 1.165) is 30.3 Å². The van der Waals surface area contributed by atoms with Crippen molar-refractivity contribution in [1.82, 2.24) is 19.1 Å². The van der Waals surface area contributed by atoms with Gasteiger partial charge in [0.25, 0.3) is 5.56 Å². The highest BCUT2D eigenvalue weighted by Crippen LogP contribution is 2.37. The van der Waals surface area contributed by atoms with Gasteiger partial charge in [0.05, 0.1) is 30.1 Å². The highest BCUT2D eigenvalue weighted by Gasteiger charge is 2.34. The lowest BCUT2D eigenvalue weighted by molar-refractivity contribution is 0.119. The van der Waals surface area contributed by atoms with Gasteiger partial charge in [0.15, 0.2) is 17.1 Å². The molecular formula is C24H28N6O3. The smallest absolute Gasteiger partial charge is 0.267 e. The van der Waals surface area contributed by atoms with E-state index in [2.05, 4.69) is 53.8 Å². The average molecular weight is 449 g/mol. The first kappa shape index (κ1) is 21.3. The van der Waals surface area contributed by atoms with Gasteiger partial charge in [-0.15, -0.1) is 0 Å². The Morgan fingerprint density at radius 1 is 1.18 bits per heavy atom. The maximum Gasteiger partial charge on any atom is 0.267 e. The van der Waals surface area contributed by atoms with Gasteiger partial charge in [-0.3, -0.25) is 9.69 Å². The number of ether oxygens (including phenoxy) is 2. The van der Waals surface area contributed by atoms with Crippen LogP contribution in [0.2, 0.25) is 0 Å². The molecule has 1 saturated heterocycles. The van der Waals surface area contributed by atoms with Gasteiger partial charge in [0, 0.05) is 44.3 Å². The fraction of sp³-hybridized carbons (Fsp3) is 0.458. The predicted octanol–water partition coefficient (Wildman–Crippen LogP) is 2.49. The minimum absolute atomic E-state index is 0.102. The molecule has 3 atom stereocenters. The number of benzene rings is 1. The minimum Gasteiger partial charge on any atom is -0.454 e. The number of anilines is 1. The van der Waals surface area contributed by atoms with E-state index in [1.54, 1.807) is 23.8 Å². The van der Waals surface area contributed by atoms with Crippen molar-refractivity contribution in [3.63, 3.8) is 0 Å². The molecule has 2 aromatic heterocycles. The second kappa shape index (κ2) is 8.12. The highest BCUT2D eigenvalue weighted by molar-refractivity contribution is 5.69. The summed E-state index contributed by atoms with van der Waals surface area (Å²) >= 11 is 0. The lowest BCUT2D eigenvalue weighted by Gasteiger charge is -2.47. The molecular weight excluding hydrogens is 420 g/mol. The van der Waals surface area contributed by atoms with E-state index >= 15 is 0 Å². The third kappa shape index (κ3) is 3.60. The summed E-state index contributed by atoms with van der Waals surface area (Å²) in [7, 11) is 1.72. The molecule has 0 bridgehead atoms. The first-order valence-electron chi connectivity index (χ1n) is 11.2. The number of aromatic nitrogens is 3. The molecule has 0 saturated carbocycles. The summed E-state index contributed by atoms with van der Waals surface area (Å²) in [4.78, 5) is 22.1. The second-order valence-corrected chi connectivity index (χ2v) is 8.96. The number of hydrogen-bond donors (Lipinski definition) is 0. The molecule has 4 heterocycles. The number of imidazole rings is 1. The number of nitriles is 1. The molecule has 2 aliphatic heterocycles. The molecule has 0 aliphatic carbocycles. The van der Waals surface area contributed by atoms with Crippen LogP contribution in [0.4, 0.5) is 5.69 Å². The minimum atomic E-state index is -0.102. The van der Waals surface area contributed by atoms with Crippen LogP contribution in [0.3, 0.4) is 0 Å². The fourth-order valence-corrected chi connectivity index (χ4v) is 4.97. The van der Waals surface area contributed by atoms with Gasteiger partial charge < -0.3 is 14.4 Å². The SMILES string of the molecule is CC(c1ccc2c(c1)OCO2)N1C[C@H](C)N(c2cc(=O)n(C)n3cc(CC#N)nc23)C[C@H]1C. The zero-order chi connectivity index (χ0) is 23.3. The Balaban J connectivity index is 1.44. The van der Waals surface area contributed by atoms with Crippen molar-refractivity contribution >= 4 is 11.3 Å². The molecule has 1 unspecified atom stereocenters. The standard InChI is InChI=1S/C24H28N6O3/c1-15-12-29(20-10-23(31)27(4)30-13-19(7-8-25)26-24(20)30)16(2)11-28(15)17(3)18-5-6-21-22(9-18)33-14-32-21/h5-6,9-10,13,15-17H,7,11-12,14H2,1-4H3/t15-,16+,17?/m1/s1. The Morgan fingerprint density at radius 2 is 1.97 bits per heavy atom. The van der Waals surface area contributed by atoms with Crippen molar-refractivity contribution in [2.75, 3.05) is 24.8 Å². The van der Waals surface area contributed by atoms with Crippen LogP contribution in [0.15, 0.2) is 35.3 Å². The van der Waals surface area contributed by atoms with Crippen LogP contribution in [0.25, 0.3) is 5.65 Å². The molecule has 33 heavy (non-hydrogen) atoms. The Labute approximate surface area is 192 Å². The Morgan fingerprint density at radius 3 is 2.76 bits per heavy atom. The molecule has 1 aromatic carbocycles. The summed E-state index contributed by atoms with van der Waals surface area (Å²) in [6, 6.07) is 10.6. The molecule has 0 spiro atoms. The summed E-state index contributed by atoms with van der Waals surface area (Å²) in [5.41, 5.74) is 3.28. The van der Waals surface area contributed by atoms with Crippen molar-refractivity contribution in [3.8, 4) is 17.6 Å². The number of nitrogens with zero attached hydrogens (tertiary/aromatic N) is 6. The third-order valence-electron chi connectivity index (χ3n) is 6.85. The van der Waals surface area contributed by atoms with Gasteiger partial charge in [0.1, 0.15) is 0 Å². The van der Waals surface area contributed by atoms with Crippen molar-refractivity contribution in [2.45, 2.75) is 45.3 Å². The van der Waals surface area contributed by atoms with Crippen molar-refractivity contribution < 1.29 is 9.47 Å². The van der Waals surface area contributed by atoms with E-state index in [-0.39, 0.29) is 36.9 Å². The monoisotopic (exact) mass is 448 g/mol. The highest BCUT2D eigenvalue weighted by atomic mass is 16.7. The van der Waals surface area contributed by atoms with Crippen LogP contribution in [-0.2, 0) is 13.5 Å². The van der Waals surface area contributed by atoms with Crippen LogP contribution in [-0.4, -0.2) is 51.0 Å². The molecule has 0 N–H and O–H groups in total. The second-order valence-electron chi connectivity index (χ2n) is 8.96. The molecule has 0 amide bonds. The summed E-state index contributed by atoms with van der Waals surface area (Å²) in [5, 5.41) is 9.09. The summed E-state index contributed by atoms with van der Waals surface area (Å²) in [6.07, 6.45) is 1.98. The number of aryl methyl sites for hydroxylation is 1. The van der Waals surface area contributed by atoms with Crippen LogP contribution in [0.1, 0.15) is 38.1 Å². The van der Waals surface area contributed by atoms with E-state index in [1.807, 2.05) is 6.07 Å². The van der Waals surface area contributed by atoms with Crippen molar-refractivity contribution in [1.29, 1.82) is 5.26 Å². The molecule has 5 rings (SSSR count). The number of fused-ring (bicyclic) bond motifs is 2. The van der Waals surface area contributed by atoms with Crippen molar-refractivity contribution in [3.05, 3.63) is 52.1 Å². The quantitative estimate of drug-likeness (QED) is 0.606. The largest absolute Gasteiger partial charge is 0.454 e. The topological polar surface area (TPSA) is 88.0 Å². The third-order valence-corrected chi connectivity index (χ3v) is 6.85. The van der Waals surface area contributed by atoms with Gasteiger partial charge in [0.2, 0.25) is 6.79 Å². The first-order valence-corrected chi connectivity index (χ1v) is 11.2. The van der Waals surface area contributed by atoms with Gasteiger partial charge >= 0.3 is 0 Å². The molecule has 2 aliphatic rings. The number of hydrogen-bond acceptors (Lipinski definition) is 7. The molecule has 3 aromatic rings. The molecule has 9 heteroatoms. The van der Waals surface area contributed by atoms with Crippen LogP contribution < -0.4 is 19.9 Å². The maximum absolute atomic E-state index is 12.7. The molecule has 0 radical (unpaired) electrons. The fourth-order valence-electron chi connectivity index (χ4n) is 4.97. The van der Waals surface area contributed by atoms with Gasteiger partial charge in [-0.05, 0) is 38.5 Å². The lowest BCUT2D eigenvalue weighted by atomic mass is 10.00. The lowest BCUT2D eigenvalue weighted by Crippen LogP contribution is -2.57. The Bertz CT molecular complexity index is 1310. The molecule has 1 fully saturated rings.